The van der Waals surface area contributed by atoms with Crippen LogP contribution in [-0.2, 0) is 0 Å². The van der Waals surface area contributed by atoms with Crippen LogP contribution in [0, 0.1) is 5.92 Å². The molecule has 0 amide bonds. The van der Waals surface area contributed by atoms with Crippen LogP contribution in [0.4, 0.5) is 11.4 Å². The lowest BCUT2D eigenvalue weighted by Gasteiger charge is -2.45. The van der Waals surface area contributed by atoms with Crippen molar-refractivity contribution in [1.29, 1.82) is 0 Å². The first-order chi connectivity index (χ1) is 9.29. The highest BCUT2D eigenvalue weighted by Crippen LogP contribution is 2.32. The molecule has 1 unspecified atom stereocenters. The number of aromatic amines is 1. The molecule has 5 nitrogen and oxygen atoms in total. The van der Waals surface area contributed by atoms with Crippen LogP contribution >= 0.6 is 0 Å². The van der Waals surface area contributed by atoms with E-state index in [1.54, 1.807) is 0 Å². The van der Waals surface area contributed by atoms with Crippen molar-refractivity contribution in [2.75, 3.05) is 30.7 Å². The van der Waals surface area contributed by atoms with E-state index < -0.39 is 0 Å². The molecule has 5 heteroatoms. The molecule has 3 aliphatic heterocycles. The minimum absolute atomic E-state index is 0.533. The van der Waals surface area contributed by atoms with Crippen LogP contribution in [0.1, 0.15) is 12.8 Å². The summed E-state index contributed by atoms with van der Waals surface area (Å²) in [5.74, 6) is 0.793. The number of rotatable bonds is 2. The Kier molecular flexibility index (Phi) is 2.41. The molecular weight excluding hydrogens is 238 g/mol. The Morgan fingerprint density at radius 2 is 2.16 bits per heavy atom. The maximum atomic E-state index is 6.14. The van der Waals surface area contributed by atoms with Crippen molar-refractivity contribution in [2.24, 2.45) is 5.92 Å². The third-order valence-electron chi connectivity index (χ3n) is 4.61. The Hall–Kier alpha value is -1.75. The second-order valence-corrected chi connectivity index (χ2v) is 5.79. The quantitative estimate of drug-likeness (QED) is 0.715. The molecule has 0 aliphatic carbocycles. The average Bonchev–Trinajstić information content (AvgIpc) is 2.87. The second kappa shape index (κ2) is 4.13. The predicted molar refractivity (Wildman–Crippen MR) is 77.1 cm³/mol. The fourth-order valence-electron chi connectivity index (χ4n) is 3.46. The third-order valence-corrected chi connectivity index (χ3v) is 4.61. The van der Waals surface area contributed by atoms with Gasteiger partial charge in [0.15, 0.2) is 0 Å². The summed E-state index contributed by atoms with van der Waals surface area (Å²) in [6.07, 6.45) is 4.43. The molecule has 19 heavy (non-hydrogen) atoms. The van der Waals surface area contributed by atoms with Crippen molar-refractivity contribution in [3.63, 3.8) is 0 Å². The Labute approximate surface area is 112 Å². The summed E-state index contributed by atoms with van der Waals surface area (Å²) in [6, 6.07) is 4.60. The number of fused-ring (bicyclic) bond motifs is 4. The number of hydrogen-bond acceptors (Lipinski definition) is 4. The van der Waals surface area contributed by atoms with Gasteiger partial charge in [-0.3, -0.25) is 5.10 Å². The van der Waals surface area contributed by atoms with E-state index in [0.717, 1.165) is 34.7 Å². The van der Waals surface area contributed by atoms with Gasteiger partial charge in [-0.05, 0) is 44.0 Å². The van der Waals surface area contributed by atoms with Crippen molar-refractivity contribution < 1.29 is 0 Å². The molecule has 3 fully saturated rings. The van der Waals surface area contributed by atoms with Crippen molar-refractivity contribution in [2.45, 2.75) is 18.9 Å². The van der Waals surface area contributed by atoms with E-state index >= 15 is 0 Å². The zero-order valence-electron chi connectivity index (χ0n) is 10.9. The third kappa shape index (κ3) is 1.85. The summed E-state index contributed by atoms with van der Waals surface area (Å²) < 4.78 is 0. The average molecular weight is 257 g/mol. The van der Waals surface area contributed by atoms with Gasteiger partial charge in [0.2, 0.25) is 0 Å². The summed E-state index contributed by atoms with van der Waals surface area (Å²) in [5, 5.41) is 11.8. The molecule has 2 bridgehead atoms. The molecule has 1 aromatic carbocycles. The molecule has 0 saturated carbocycles. The lowest BCUT2D eigenvalue weighted by molar-refractivity contribution is 0.0975. The lowest BCUT2D eigenvalue weighted by Crippen LogP contribution is -2.53. The van der Waals surface area contributed by atoms with E-state index in [2.05, 4.69) is 26.5 Å². The van der Waals surface area contributed by atoms with Gasteiger partial charge < -0.3 is 16.0 Å². The summed E-state index contributed by atoms with van der Waals surface area (Å²) >= 11 is 0. The first-order valence-corrected chi connectivity index (χ1v) is 7.01. The van der Waals surface area contributed by atoms with Crippen molar-refractivity contribution in [3.8, 4) is 0 Å². The van der Waals surface area contributed by atoms with Gasteiger partial charge in [0.05, 0.1) is 23.1 Å². The van der Waals surface area contributed by atoms with E-state index in [-0.39, 0.29) is 0 Å². The summed E-state index contributed by atoms with van der Waals surface area (Å²) in [6.45, 7) is 3.67. The SMILES string of the molecule is Nc1cc2cn[nH]c2cc1NC1CN2CCC1CC2. The Morgan fingerprint density at radius 1 is 1.32 bits per heavy atom. The highest BCUT2D eigenvalue weighted by atomic mass is 15.2. The molecular formula is C14H19N5. The van der Waals surface area contributed by atoms with Crippen LogP contribution in [-0.4, -0.2) is 40.8 Å². The summed E-state index contributed by atoms with van der Waals surface area (Å²) in [5.41, 5.74) is 9.03. The maximum Gasteiger partial charge on any atom is 0.0672 e. The molecule has 1 aromatic heterocycles. The molecule has 100 valence electrons. The Morgan fingerprint density at radius 3 is 2.89 bits per heavy atom. The lowest BCUT2D eigenvalue weighted by atomic mass is 9.84. The largest absolute Gasteiger partial charge is 0.397 e. The molecule has 5 rings (SSSR count). The van der Waals surface area contributed by atoms with Crippen LogP contribution in [0.5, 0.6) is 0 Å². The van der Waals surface area contributed by atoms with Crippen LogP contribution in [0.2, 0.25) is 0 Å². The number of nitrogens with one attached hydrogen (secondary N) is 2. The standard InChI is InChI=1S/C14H19N5/c15-11-5-10-7-16-18-12(10)6-13(11)17-14-8-19-3-1-9(14)2-4-19/h5-7,9,14,17H,1-4,8,15H2,(H,16,18). The zero-order valence-corrected chi connectivity index (χ0v) is 10.9. The number of benzene rings is 1. The van der Waals surface area contributed by atoms with E-state index in [1.165, 1.54) is 25.9 Å². The van der Waals surface area contributed by atoms with Crippen molar-refractivity contribution in [1.82, 2.24) is 15.1 Å². The van der Waals surface area contributed by atoms with Gasteiger partial charge in [0.25, 0.3) is 0 Å². The number of anilines is 2. The monoisotopic (exact) mass is 257 g/mol. The Balaban J connectivity index is 1.62. The van der Waals surface area contributed by atoms with Gasteiger partial charge in [0, 0.05) is 18.0 Å². The predicted octanol–water partition coefficient (Wildman–Crippen LogP) is 1.65. The van der Waals surface area contributed by atoms with Gasteiger partial charge in [0.1, 0.15) is 0 Å². The van der Waals surface area contributed by atoms with Crippen LogP contribution in [0.25, 0.3) is 10.9 Å². The fraction of sp³-hybridized carbons (Fsp3) is 0.500. The number of nitrogen functional groups attached to an aromatic ring is 1. The van der Waals surface area contributed by atoms with E-state index in [4.69, 9.17) is 5.73 Å². The van der Waals surface area contributed by atoms with Gasteiger partial charge in [-0.1, -0.05) is 0 Å². The molecule has 0 radical (unpaired) electrons. The first-order valence-electron chi connectivity index (χ1n) is 7.01. The number of aromatic nitrogens is 2. The summed E-state index contributed by atoms with van der Waals surface area (Å²) in [4.78, 5) is 2.54. The number of piperidine rings is 3. The molecule has 3 saturated heterocycles. The topological polar surface area (TPSA) is 70.0 Å². The van der Waals surface area contributed by atoms with Crippen LogP contribution in [0.3, 0.4) is 0 Å². The maximum absolute atomic E-state index is 6.14. The first kappa shape index (κ1) is 11.1. The van der Waals surface area contributed by atoms with Crippen LogP contribution in [0.15, 0.2) is 18.3 Å². The smallest absolute Gasteiger partial charge is 0.0672 e. The molecule has 0 spiro atoms. The van der Waals surface area contributed by atoms with E-state index in [1.807, 2.05) is 12.3 Å². The van der Waals surface area contributed by atoms with Gasteiger partial charge >= 0.3 is 0 Å². The van der Waals surface area contributed by atoms with E-state index in [9.17, 15) is 0 Å². The van der Waals surface area contributed by atoms with Gasteiger partial charge in [-0.25, -0.2) is 0 Å². The van der Waals surface area contributed by atoms with Crippen molar-refractivity contribution in [3.05, 3.63) is 18.3 Å². The van der Waals surface area contributed by atoms with Gasteiger partial charge in [-0.15, -0.1) is 0 Å². The summed E-state index contributed by atoms with van der Waals surface area (Å²) in [7, 11) is 0. The number of nitrogens with zero attached hydrogens (tertiary/aromatic N) is 2. The normalized spacial score (nSPS) is 29.8. The minimum Gasteiger partial charge on any atom is -0.397 e. The second-order valence-electron chi connectivity index (χ2n) is 5.79. The molecule has 4 N–H and O–H groups in total. The molecule has 4 heterocycles. The fourth-order valence-corrected chi connectivity index (χ4v) is 3.46. The highest BCUT2D eigenvalue weighted by Gasteiger charge is 2.34. The number of hydrogen-bond donors (Lipinski definition) is 3. The number of nitrogens with two attached hydrogens (primary N) is 1. The van der Waals surface area contributed by atoms with Gasteiger partial charge in [-0.2, -0.15) is 5.10 Å². The van der Waals surface area contributed by atoms with Crippen molar-refractivity contribution >= 4 is 22.3 Å². The highest BCUT2D eigenvalue weighted by molar-refractivity contribution is 5.88. The number of H-pyrrole nitrogens is 1. The molecule has 1 atom stereocenters. The Bertz CT molecular complexity index is 597. The minimum atomic E-state index is 0.533. The van der Waals surface area contributed by atoms with E-state index in [0.29, 0.717) is 6.04 Å². The molecule has 2 aromatic rings. The zero-order chi connectivity index (χ0) is 12.8. The van der Waals surface area contributed by atoms with Crippen LogP contribution < -0.4 is 11.1 Å². The molecule has 3 aliphatic rings.